The van der Waals surface area contributed by atoms with E-state index in [1.807, 2.05) is 56.3 Å². The third-order valence-corrected chi connectivity index (χ3v) is 10.1. The van der Waals surface area contributed by atoms with Crippen molar-refractivity contribution in [2.24, 2.45) is 5.92 Å². The highest BCUT2D eigenvalue weighted by Gasteiger charge is 2.61. The van der Waals surface area contributed by atoms with Crippen LogP contribution < -0.4 is 20.7 Å². The number of oxazole rings is 2. The van der Waals surface area contributed by atoms with Crippen molar-refractivity contribution in [1.29, 1.82) is 0 Å². The summed E-state index contributed by atoms with van der Waals surface area (Å²) in [4.78, 5) is 48.5. The normalized spacial score (nSPS) is 25.1. The molecule has 4 aliphatic rings. The van der Waals surface area contributed by atoms with Crippen molar-refractivity contribution < 1.29 is 38.2 Å². The predicted molar refractivity (Wildman–Crippen MR) is 169 cm³/mol. The third kappa shape index (κ3) is 4.51. The van der Waals surface area contributed by atoms with Gasteiger partial charge in [0.1, 0.15) is 35.1 Å². The van der Waals surface area contributed by atoms with Gasteiger partial charge in [-0.2, -0.15) is 0 Å². The zero-order valence-electron chi connectivity index (χ0n) is 26.4. The van der Waals surface area contributed by atoms with Crippen LogP contribution in [0.5, 0.6) is 5.75 Å². The van der Waals surface area contributed by atoms with Crippen LogP contribution in [-0.2, 0) is 21.4 Å². The molecule has 1 saturated carbocycles. The van der Waals surface area contributed by atoms with Gasteiger partial charge in [0.2, 0.25) is 17.7 Å². The fraction of sp³-hybridized carbons (Fsp3) is 0.400. The Morgan fingerprint density at radius 3 is 2.58 bits per heavy atom. The molecule has 2 aromatic heterocycles. The van der Waals surface area contributed by atoms with Crippen molar-refractivity contribution in [1.82, 2.24) is 20.6 Å². The van der Waals surface area contributed by atoms with E-state index in [-0.39, 0.29) is 35.5 Å². The molecule has 1 aliphatic carbocycles. The molecular formula is C35H35N5O8. The van der Waals surface area contributed by atoms with Crippen LogP contribution in [0.3, 0.4) is 0 Å². The molecule has 2 amide bonds. The fourth-order valence-electron chi connectivity index (χ4n) is 7.58. The number of carboxylic acid groups (broad SMARTS) is 1. The Morgan fingerprint density at radius 2 is 1.83 bits per heavy atom. The first-order chi connectivity index (χ1) is 23.1. The summed E-state index contributed by atoms with van der Waals surface area (Å²) < 4.78 is 19.0. The van der Waals surface area contributed by atoms with Crippen LogP contribution in [0.1, 0.15) is 90.8 Å². The number of benzene rings is 2. The predicted octanol–water partition coefficient (Wildman–Crippen LogP) is 4.06. The molecule has 1 fully saturated rings. The summed E-state index contributed by atoms with van der Waals surface area (Å²) in [5.74, 6) is -1.54. The summed E-state index contributed by atoms with van der Waals surface area (Å²) in [6.45, 7) is 3.80. The molecule has 3 aliphatic heterocycles. The van der Waals surface area contributed by atoms with Gasteiger partial charge in [0.25, 0.3) is 5.91 Å². The van der Waals surface area contributed by atoms with Gasteiger partial charge in [0.15, 0.2) is 23.4 Å². The van der Waals surface area contributed by atoms with E-state index in [0.29, 0.717) is 24.4 Å². The summed E-state index contributed by atoms with van der Waals surface area (Å²) in [7, 11) is 0. The minimum atomic E-state index is -1.54. The second-order valence-corrected chi connectivity index (χ2v) is 13.5. The summed E-state index contributed by atoms with van der Waals surface area (Å²) in [6, 6.07) is 11.6. The molecule has 4 atom stereocenters. The van der Waals surface area contributed by atoms with E-state index in [9.17, 15) is 24.6 Å². The van der Waals surface area contributed by atoms with Crippen LogP contribution in [0.15, 0.2) is 57.6 Å². The molecule has 248 valence electrons. The number of nitrogens with zero attached hydrogens (tertiary/aromatic N) is 2. The number of nitrogens with one attached hydrogen (secondary N) is 3. The van der Waals surface area contributed by atoms with Gasteiger partial charge in [-0.05, 0) is 42.0 Å². The zero-order chi connectivity index (χ0) is 33.4. The first-order valence-corrected chi connectivity index (χ1v) is 16.3. The molecular weight excluding hydrogens is 618 g/mol. The molecule has 1 spiro atoms. The Kier molecular flexibility index (Phi) is 6.88. The number of aromatic nitrogens is 2. The van der Waals surface area contributed by atoms with Gasteiger partial charge in [-0.1, -0.05) is 63.4 Å². The molecule has 13 heteroatoms. The van der Waals surface area contributed by atoms with Gasteiger partial charge in [0, 0.05) is 17.7 Å². The lowest BCUT2D eigenvalue weighted by Crippen LogP contribution is -2.56. The summed E-state index contributed by atoms with van der Waals surface area (Å²) in [5, 5.41) is 30.3. The maximum Gasteiger partial charge on any atom is 0.357 e. The van der Waals surface area contributed by atoms with E-state index in [2.05, 4.69) is 20.9 Å². The number of ether oxygens (including phenoxy) is 1. The Hall–Kier alpha value is -5.17. The van der Waals surface area contributed by atoms with Gasteiger partial charge in [0.05, 0.1) is 0 Å². The van der Waals surface area contributed by atoms with Crippen LogP contribution in [0.4, 0.5) is 5.69 Å². The number of anilines is 1. The number of hydrogen-bond acceptors (Lipinski definition) is 10. The largest absolute Gasteiger partial charge is 0.476 e. The maximum absolute atomic E-state index is 14.1. The smallest absolute Gasteiger partial charge is 0.357 e. The van der Waals surface area contributed by atoms with Crippen LogP contribution in [0, 0.1) is 5.92 Å². The molecule has 8 rings (SSSR count). The Bertz CT molecular complexity index is 1960. The number of aliphatic hydroxyl groups is 1. The number of fused-ring (bicyclic) bond motifs is 4. The average Bonchev–Trinajstić information content (AvgIpc) is 3.84. The molecule has 48 heavy (non-hydrogen) atoms. The number of para-hydroxylation sites is 1. The topological polar surface area (TPSA) is 189 Å². The van der Waals surface area contributed by atoms with Gasteiger partial charge in [-0.25, -0.2) is 14.8 Å². The van der Waals surface area contributed by atoms with Crippen molar-refractivity contribution in [2.45, 2.75) is 81.7 Å². The van der Waals surface area contributed by atoms with E-state index < -0.39 is 47.1 Å². The second-order valence-electron chi connectivity index (χ2n) is 13.5. The van der Waals surface area contributed by atoms with Gasteiger partial charge < -0.3 is 39.7 Å². The standard InChI is InChI=1S/C35H35N5O8/c1-17(2)25-30-40-26(29-36-23(16-46-29)31(42)43)27(48-30)35-19-8-4-5-9-21(19)38-33(35)47-24-11-10-18(14-20(24)35)15-22(28(41)39-25)37-32(44)34(45)12-6-3-7-13-34/h4-5,8-11,14,16-17,22,25,33,38,45H,3,6-7,12-13,15H2,1-2H3,(H,37,44)(H,39,41)(H,42,43)/t22-,25-,33?,35?/m0/s1. The SMILES string of the molecule is CC(C)[C@@H]1NC(=O)[C@@H](NC(=O)C2(O)CCCCC2)Cc2ccc3c(c2)C2(c4ccccc4NC2O3)c2oc1nc2-c1nc(C(=O)O)co1. The number of carboxylic acids is 1. The minimum absolute atomic E-state index is 0.0610. The lowest BCUT2D eigenvalue weighted by atomic mass is 9.72. The van der Waals surface area contributed by atoms with E-state index in [1.165, 1.54) is 0 Å². The highest BCUT2D eigenvalue weighted by molar-refractivity contribution is 5.92. The number of hydrogen-bond donors (Lipinski definition) is 5. The first-order valence-electron chi connectivity index (χ1n) is 16.3. The van der Waals surface area contributed by atoms with E-state index in [1.54, 1.807) is 0 Å². The lowest BCUT2D eigenvalue weighted by Gasteiger charge is -2.33. The van der Waals surface area contributed by atoms with Gasteiger partial charge >= 0.3 is 5.97 Å². The van der Waals surface area contributed by atoms with Crippen LogP contribution >= 0.6 is 0 Å². The van der Waals surface area contributed by atoms with Crippen molar-refractivity contribution in [3.63, 3.8) is 0 Å². The molecule has 5 heterocycles. The fourth-order valence-corrected chi connectivity index (χ4v) is 7.58. The molecule has 2 aromatic carbocycles. The Balaban J connectivity index is 1.34. The first kappa shape index (κ1) is 30.2. The van der Waals surface area contributed by atoms with E-state index in [4.69, 9.17) is 18.6 Å². The quantitative estimate of drug-likeness (QED) is 0.209. The van der Waals surface area contributed by atoms with Crippen LogP contribution in [0.2, 0.25) is 0 Å². The summed E-state index contributed by atoms with van der Waals surface area (Å²) in [5.41, 5.74) is 0.333. The van der Waals surface area contributed by atoms with Gasteiger partial charge in [-0.15, -0.1) is 0 Å². The molecule has 5 N–H and O–H groups in total. The Labute approximate surface area is 275 Å². The highest BCUT2D eigenvalue weighted by atomic mass is 16.5. The second kappa shape index (κ2) is 10.9. The average molecular weight is 654 g/mol. The molecule has 2 unspecified atom stereocenters. The molecule has 13 nitrogen and oxygen atoms in total. The highest BCUT2D eigenvalue weighted by Crippen LogP contribution is 2.59. The number of carbonyl (C=O) groups excluding carboxylic acids is 2. The molecule has 0 radical (unpaired) electrons. The number of carbonyl (C=O) groups is 3. The Morgan fingerprint density at radius 1 is 1.04 bits per heavy atom. The van der Waals surface area contributed by atoms with Crippen molar-refractivity contribution in [3.8, 4) is 17.3 Å². The van der Waals surface area contributed by atoms with Crippen molar-refractivity contribution in [3.05, 3.63) is 82.8 Å². The van der Waals surface area contributed by atoms with Crippen LogP contribution in [-0.4, -0.2) is 55.8 Å². The lowest BCUT2D eigenvalue weighted by molar-refractivity contribution is -0.145. The zero-order valence-corrected chi connectivity index (χ0v) is 26.4. The van der Waals surface area contributed by atoms with Crippen molar-refractivity contribution in [2.75, 3.05) is 5.32 Å². The third-order valence-electron chi connectivity index (χ3n) is 10.1. The summed E-state index contributed by atoms with van der Waals surface area (Å²) in [6.07, 6.45) is 3.58. The number of rotatable bonds is 5. The number of aromatic carboxylic acids is 1. The molecule has 4 aromatic rings. The van der Waals surface area contributed by atoms with Gasteiger partial charge in [-0.3, -0.25) is 9.59 Å². The molecule has 0 saturated heterocycles. The van der Waals surface area contributed by atoms with E-state index >= 15 is 0 Å². The monoisotopic (exact) mass is 653 g/mol. The van der Waals surface area contributed by atoms with Crippen molar-refractivity contribution >= 4 is 23.5 Å². The van der Waals surface area contributed by atoms with E-state index in [0.717, 1.165) is 47.9 Å². The molecule has 4 bridgehead atoms. The minimum Gasteiger partial charge on any atom is -0.476 e. The number of amides is 2. The maximum atomic E-state index is 14.1. The summed E-state index contributed by atoms with van der Waals surface area (Å²) >= 11 is 0. The van der Waals surface area contributed by atoms with Crippen LogP contribution in [0.25, 0.3) is 11.6 Å².